The van der Waals surface area contributed by atoms with E-state index in [2.05, 4.69) is 10.3 Å². The standard InChI is InChI=1S/C16H20FN3O2S/c17-13-5-4-11(19-10-21)8-12(13)14-9-23(22)16(15(18)20-14)6-2-1-3-7-16/h4-5,8,10,14H,1-3,6-7,9H2,(H2,18,20)(H,19,21). The topological polar surface area (TPSA) is 84.5 Å². The molecule has 2 atom stereocenters. The highest BCUT2D eigenvalue weighted by Crippen LogP contribution is 2.40. The fraction of sp³-hybridized carbons (Fsp3) is 0.500. The van der Waals surface area contributed by atoms with Gasteiger partial charge in [0.25, 0.3) is 0 Å². The molecular weight excluding hydrogens is 317 g/mol. The Kier molecular flexibility index (Phi) is 4.48. The Morgan fingerprint density at radius 3 is 2.74 bits per heavy atom. The summed E-state index contributed by atoms with van der Waals surface area (Å²) in [4.78, 5) is 15.0. The van der Waals surface area contributed by atoms with E-state index in [0.717, 1.165) is 32.1 Å². The summed E-state index contributed by atoms with van der Waals surface area (Å²) in [5.41, 5.74) is 6.97. The normalized spacial score (nSPS) is 26.6. The minimum Gasteiger partial charge on any atom is -0.386 e. The van der Waals surface area contributed by atoms with E-state index in [1.165, 1.54) is 18.2 Å². The summed E-state index contributed by atoms with van der Waals surface area (Å²) in [7, 11) is -1.18. The van der Waals surface area contributed by atoms with Gasteiger partial charge in [0.2, 0.25) is 6.41 Å². The lowest BCUT2D eigenvalue weighted by Gasteiger charge is -2.40. The van der Waals surface area contributed by atoms with E-state index in [-0.39, 0.29) is 5.75 Å². The van der Waals surface area contributed by atoms with Crippen LogP contribution in [0.3, 0.4) is 0 Å². The Morgan fingerprint density at radius 2 is 2.09 bits per heavy atom. The number of nitrogens with zero attached hydrogens (tertiary/aromatic N) is 1. The number of halogens is 1. The van der Waals surface area contributed by atoms with Gasteiger partial charge in [0.15, 0.2) is 0 Å². The van der Waals surface area contributed by atoms with Crippen molar-refractivity contribution in [1.82, 2.24) is 0 Å². The maximum absolute atomic E-state index is 14.2. The summed E-state index contributed by atoms with van der Waals surface area (Å²) >= 11 is 0. The predicted molar refractivity (Wildman–Crippen MR) is 89.3 cm³/mol. The average Bonchev–Trinajstić information content (AvgIpc) is 2.55. The summed E-state index contributed by atoms with van der Waals surface area (Å²) in [6, 6.07) is 3.71. The second-order valence-electron chi connectivity index (χ2n) is 6.10. The van der Waals surface area contributed by atoms with Gasteiger partial charge in [-0.3, -0.25) is 14.0 Å². The van der Waals surface area contributed by atoms with Crippen LogP contribution in [0.5, 0.6) is 0 Å². The molecule has 3 N–H and O–H groups in total. The number of carbonyl (C=O) groups excluding carboxylic acids is 1. The van der Waals surface area contributed by atoms with Crippen LogP contribution in [0.1, 0.15) is 43.7 Å². The number of nitrogens with one attached hydrogen (secondary N) is 1. The maximum atomic E-state index is 14.2. The summed E-state index contributed by atoms with van der Waals surface area (Å²) in [6.45, 7) is 0. The number of rotatable bonds is 3. The molecule has 0 saturated heterocycles. The monoisotopic (exact) mass is 337 g/mol. The molecular formula is C16H20FN3O2S. The molecule has 0 aromatic heterocycles. The number of nitrogens with two attached hydrogens (primary N) is 1. The smallest absolute Gasteiger partial charge is 0.211 e. The van der Waals surface area contributed by atoms with Crippen LogP contribution >= 0.6 is 0 Å². The number of hydrogen-bond donors (Lipinski definition) is 2. The predicted octanol–water partition coefficient (Wildman–Crippen LogP) is 2.26. The van der Waals surface area contributed by atoms with Crippen molar-refractivity contribution < 1.29 is 13.4 Å². The molecule has 1 heterocycles. The summed E-state index contributed by atoms with van der Waals surface area (Å²) in [6.07, 6.45) is 5.24. The van der Waals surface area contributed by atoms with E-state index < -0.39 is 27.4 Å². The van der Waals surface area contributed by atoms with Crippen LogP contribution in [0.2, 0.25) is 0 Å². The molecule has 1 fully saturated rings. The molecule has 0 radical (unpaired) electrons. The lowest BCUT2D eigenvalue weighted by atomic mass is 9.87. The Morgan fingerprint density at radius 1 is 1.35 bits per heavy atom. The third kappa shape index (κ3) is 2.89. The molecule has 7 heteroatoms. The fourth-order valence-electron chi connectivity index (χ4n) is 3.47. The van der Waals surface area contributed by atoms with Crippen LogP contribution < -0.4 is 11.1 Å². The van der Waals surface area contributed by atoms with Crippen molar-refractivity contribution in [3.8, 4) is 0 Å². The molecule has 2 aliphatic rings. The van der Waals surface area contributed by atoms with E-state index in [1.807, 2.05) is 0 Å². The van der Waals surface area contributed by atoms with Crippen molar-refractivity contribution in [2.24, 2.45) is 10.7 Å². The van der Waals surface area contributed by atoms with Gasteiger partial charge in [-0.05, 0) is 31.0 Å². The molecule has 1 amide bonds. The lowest BCUT2D eigenvalue weighted by molar-refractivity contribution is -0.105. The minimum absolute atomic E-state index is 0.266. The van der Waals surface area contributed by atoms with Crippen LogP contribution in [-0.2, 0) is 15.6 Å². The zero-order valence-corrected chi connectivity index (χ0v) is 13.6. The first-order chi connectivity index (χ1) is 11.1. The summed E-state index contributed by atoms with van der Waals surface area (Å²) in [5, 5.41) is 2.49. The SMILES string of the molecule is NC1=NC(c2cc(NC=O)ccc2F)CS(=O)C12CCCCC2. The number of amidine groups is 1. The number of benzene rings is 1. The molecule has 3 rings (SSSR count). The average molecular weight is 337 g/mol. The molecule has 23 heavy (non-hydrogen) atoms. The highest BCUT2D eigenvalue weighted by Gasteiger charge is 2.45. The van der Waals surface area contributed by atoms with Crippen LogP contribution in [0.25, 0.3) is 0 Å². The van der Waals surface area contributed by atoms with Crippen LogP contribution in [0, 0.1) is 5.82 Å². The largest absolute Gasteiger partial charge is 0.386 e. The molecule has 124 valence electrons. The van der Waals surface area contributed by atoms with E-state index >= 15 is 0 Å². The lowest BCUT2D eigenvalue weighted by Crippen LogP contribution is -2.53. The van der Waals surface area contributed by atoms with E-state index in [9.17, 15) is 13.4 Å². The van der Waals surface area contributed by atoms with Gasteiger partial charge in [0, 0.05) is 22.1 Å². The zero-order valence-electron chi connectivity index (χ0n) is 12.8. The maximum Gasteiger partial charge on any atom is 0.211 e. The summed E-state index contributed by atoms with van der Waals surface area (Å²) < 4.78 is 26.5. The quantitative estimate of drug-likeness (QED) is 0.830. The minimum atomic E-state index is -1.18. The molecule has 2 unspecified atom stereocenters. The summed E-state index contributed by atoms with van der Waals surface area (Å²) in [5.74, 6) is 0.224. The number of carbonyl (C=O) groups is 1. The van der Waals surface area contributed by atoms with Gasteiger partial charge in [-0.25, -0.2) is 4.39 Å². The van der Waals surface area contributed by atoms with E-state index in [4.69, 9.17) is 5.73 Å². The Hall–Kier alpha value is -1.76. The van der Waals surface area contributed by atoms with Gasteiger partial charge < -0.3 is 11.1 Å². The first-order valence-electron chi connectivity index (χ1n) is 7.79. The van der Waals surface area contributed by atoms with Crippen LogP contribution in [0.15, 0.2) is 23.2 Å². The van der Waals surface area contributed by atoms with Crippen molar-refractivity contribution in [3.05, 3.63) is 29.6 Å². The third-order valence-corrected chi connectivity index (χ3v) is 6.86. The van der Waals surface area contributed by atoms with Crippen molar-refractivity contribution in [1.29, 1.82) is 0 Å². The van der Waals surface area contributed by atoms with Crippen molar-refractivity contribution in [2.45, 2.75) is 42.9 Å². The Bertz CT molecular complexity index is 671. The number of hydrogen-bond acceptors (Lipinski definition) is 4. The van der Waals surface area contributed by atoms with Gasteiger partial charge in [0.05, 0.1) is 11.8 Å². The molecule has 1 spiro atoms. The Balaban J connectivity index is 1.95. The third-order valence-electron chi connectivity index (χ3n) is 4.75. The molecule has 1 aliphatic heterocycles. The highest BCUT2D eigenvalue weighted by atomic mass is 32.2. The van der Waals surface area contributed by atoms with Crippen molar-refractivity contribution in [3.63, 3.8) is 0 Å². The molecule has 1 saturated carbocycles. The molecule has 1 aromatic carbocycles. The first kappa shape index (κ1) is 16.1. The Labute approximate surface area is 137 Å². The second-order valence-corrected chi connectivity index (χ2v) is 7.90. The first-order valence-corrected chi connectivity index (χ1v) is 9.10. The van der Waals surface area contributed by atoms with Gasteiger partial charge in [-0.2, -0.15) is 0 Å². The number of aliphatic imine (C=N–C) groups is 1. The fourth-order valence-corrected chi connectivity index (χ4v) is 5.36. The molecule has 1 aliphatic carbocycles. The van der Waals surface area contributed by atoms with Crippen molar-refractivity contribution >= 4 is 28.7 Å². The molecule has 1 aromatic rings. The number of amides is 1. The second kappa shape index (κ2) is 6.39. The van der Waals surface area contributed by atoms with Crippen molar-refractivity contribution in [2.75, 3.05) is 11.1 Å². The zero-order chi connectivity index (χ0) is 16.4. The van der Waals surface area contributed by atoms with Crippen LogP contribution in [0.4, 0.5) is 10.1 Å². The molecule has 5 nitrogen and oxygen atoms in total. The van der Waals surface area contributed by atoms with Gasteiger partial charge >= 0.3 is 0 Å². The van der Waals surface area contributed by atoms with Gasteiger partial charge in [-0.15, -0.1) is 0 Å². The van der Waals surface area contributed by atoms with E-state index in [1.54, 1.807) is 0 Å². The van der Waals surface area contributed by atoms with E-state index in [0.29, 0.717) is 23.5 Å². The molecule has 0 bridgehead atoms. The van der Waals surface area contributed by atoms with Crippen LogP contribution in [-0.4, -0.2) is 27.0 Å². The highest BCUT2D eigenvalue weighted by molar-refractivity contribution is 7.87. The van der Waals surface area contributed by atoms with Gasteiger partial charge in [-0.1, -0.05) is 19.3 Å². The number of anilines is 1. The van der Waals surface area contributed by atoms with Gasteiger partial charge in [0.1, 0.15) is 16.4 Å².